The van der Waals surface area contributed by atoms with Gasteiger partial charge in [0.2, 0.25) is 0 Å². The number of nitrogens with one attached hydrogen (secondary N) is 3. The fourth-order valence-electron chi connectivity index (χ4n) is 5.82. The van der Waals surface area contributed by atoms with Gasteiger partial charge in [0, 0.05) is 47.6 Å². The molecule has 1 amide bonds. The quantitative estimate of drug-likeness (QED) is 0.247. The van der Waals surface area contributed by atoms with Gasteiger partial charge in [-0.05, 0) is 74.7 Å². The summed E-state index contributed by atoms with van der Waals surface area (Å²) in [4.78, 5) is 17.5. The molecule has 6 rings (SSSR count). The van der Waals surface area contributed by atoms with E-state index in [-0.39, 0.29) is 11.4 Å². The van der Waals surface area contributed by atoms with Gasteiger partial charge >= 0.3 is 0 Å². The molecule has 1 saturated heterocycles. The zero-order valence-corrected chi connectivity index (χ0v) is 24.3. The highest BCUT2D eigenvalue weighted by atomic mass is 16.1. The number of aromatic nitrogens is 3. The summed E-state index contributed by atoms with van der Waals surface area (Å²) in [6.07, 6.45) is 7.08. The Labute approximate surface area is 246 Å². The first-order valence-corrected chi connectivity index (χ1v) is 14.9. The lowest BCUT2D eigenvalue weighted by atomic mass is 9.81. The fraction of sp³-hybridized carbons (Fsp3) is 0.364. The number of para-hydroxylation sites is 1. The van der Waals surface area contributed by atoms with Gasteiger partial charge in [-0.25, -0.2) is 0 Å². The lowest BCUT2D eigenvalue weighted by molar-refractivity contribution is 0.0950. The molecule has 0 spiro atoms. The molecule has 9 nitrogen and oxygen atoms in total. The van der Waals surface area contributed by atoms with Crippen LogP contribution in [0.15, 0.2) is 83.3 Å². The van der Waals surface area contributed by atoms with Gasteiger partial charge in [-0.1, -0.05) is 38.1 Å². The molecule has 4 aromatic rings. The van der Waals surface area contributed by atoms with Crippen molar-refractivity contribution in [2.24, 2.45) is 16.1 Å². The number of nitrogens with zero attached hydrogens (tertiary/aromatic N) is 5. The number of anilines is 1. The smallest absolute Gasteiger partial charge is 0.251 e. The normalized spacial score (nSPS) is 16.4. The Bertz CT molecular complexity index is 1620. The van der Waals surface area contributed by atoms with Crippen molar-refractivity contribution >= 4 is 33.9 Å². The van der Waals surface area contributed by atoms with Crippen LogP contribution >= 0.6 is 0 Å². The van der Waals surface area contributed by atoms with Gasteiger partial charge in [0.15, 0.2) is 0 Å². The summed E-state index contributed by atoms with van der Waals surface area (Å²) in [5.41, 5.74) is 6.19. The van der Waals surface area contributed by atoms with Crippen molar-refractivity contribution in [1.29, 1.82) is 0 Å². The summed E-state index contributed by atoms with van der Waals surface area (Å²) < 4.78 is 2.06. The molecule has 2 aromatic heterocycles. The minimum absolute atomic E-state index is 0.125. The second-order valence-corrected chi connectivity index (χ2v) is 11.6. The van der Waals surface area contributed by atoms with E-state index in [0.717, 1.165) is 78.2 Å². The van der Waals surface area contributed by atoms with E-state index in [1.54, 1.807) is 12.4 Å². The van der Waals surface area contributed by atoms with E-state index < -0.39 is 0 Å². The van der Waals surface area contributed by atoms with E-state index in [4.69, 9.17) is 5.10 Å². The van der Waals surface area contributed by atoms with Crippen molar-refractivity contribution in [2.75, 3.05) is 18.4 Å². The summed E-state index contributed by atoms with van der Waals surface area (Å²) in [5.74, 6) is 0.470. The van der Waals surface area contributed by atoms with Crippen molar-refractivity contribution in [1.82, 2.24) is 25.4 Å². The second kappa shape index (κ2) is 12.2. The number of carbonyl (C=O) groups excluding carboxylic acids is 1. The SMILES string of the molecule is CC(C)CCn1nc(CNC(=O)c2cccc(NC3(C4=NN=C(c5ccncc5)C4)CCNCC3)c2)c2ccccc21. The molecule has 9 heteroatoms. The van der Waals surface area contributed by atoms with Gasteiger partial charge in [-0.2, -0.15) is 15.3 Å². The zero-order chi connectivity index (χ0) is 28.9. The van der Waals surface area contributed by atoms with Crippen LogP contribution in [-0.2, 0) is 13.1 Å². The molecule has 2 aromatic carbocycles. The van der Waals surface area contributed by atoms with Crippen LogP contribution in [0.2, 0.25) is 0 Å². The Morgan fingerprint density at radius 2 is 1.83 bits per heavy atom. The maximum Gasteiger partial charge on any atom is 0.251 e. The van der Waals surface area contributed by atoms with E-state index in [9.17, 15) is 4.79 Å². The molecule has 1 fully saturated rings. The van der Waals surface area contributed by atoms with Crippen LogP contribution in [0.3, 0.4) is 0 Å². The number of fused-ring (bicyclic) bond motifs is 1. The molecule has 0 bridgehead atoms. The van der Waals surface area contributed by atoms with Crippen molar-refractivity contribution in [3.8, 4) is 0 Å². The van der Waals surface area contributed by atoms with Crippen LogP contribution in [0.25, 0.3) is 10.9 Å². The van der Waals surface area contributed by atoms with Crippen molar-refractivity contribution in [3.05, 3.63) is 89.9 Å². The second-order valence-electron chi connectivity index (χ2n) is 11.6. The van der Waals surface area contributed by atoms with Gasteiger partial charge in [0.1, 0.15) is 0 Å². The minimum atomic E-state index is -0.333. The van der Waals surface area contributed by atoms with Gasteiger partial charge in [-0.15, -0.1) is 0 Å². The van der Waals surface area contributed by atoms with E-state index in [0.29, 0.717) is 24.4 Å². The molecule has 3 N–H and O–H groups in total. The summed E-state index contributed by atoms with van der Waals surface area (Å²) >= 11 is 0. The number of benzene rings is 2. The highest BCUT2D eigenvalue weighted by Gasteiger charge is 2.39. The molecule has 2 aliphatic heterocycles. The number of carbonyl (C=O) groups is 1. The van der Waals surface area contributed by atoms with E-state index >= 15 is 0 Å². The van der Waals surface area contributed by atoms with E-state index in [2.05, 4.69) is 61.8 Å². The van der Waals surface area contributed by atoms with Crippen molar-refractivity contribution in [3.63, 3.8) is 0 Å². The minimum Gasteiger partial charge on any atom is -0.374 e. The average molecular weight is 563 g/mol. The predicted molar refractivity (Wildman–Crippen MR) is 168 cm³/mol. The first-order chi connectivity index (χ1) is 20.5. The summed E-state index contributed by atoms with van der Waals surface area (Å²) in [6, 6.07) is 19.9. The standard InChI is InChI=1S/C33H38N8O/c1-23(2)12-19-41-30-9-4-3-8-27(30)29(40-41)22-36-32(42)25-6-5-7-26(20-25)37-33(13-17-35-18-14-33)31-21-28(38-39-31)24-10-15-34-16-11-24/h3-11,15-16,20,23,35,37H,12-14,17-19,21-22H2,1-2H3,(H,36,42). The Balaban J connectivity index is 1.16. The van der Waals surface area contributed by atoms with Crippen LogP contribution in [0.5, 0.6) is 0 Å². The number of rotatable bonds is 10. The third kappa shape index (κ3) is 5.97. The fourth-order valence-corrected chi connectivity index (χ4v) is 5.82. The number of aryl methyl sites for hydroxylation is 1. The summed E-state index contributed by atoms with van der Waals surface area (Å²) in [7, 11) is 0. The van der Waals surface area contributed by atoms with Crippen LogP contribution in [0, 0.1) is 5.92 Å². The third-order valence-corrected chi connectivity index (χ3v) is 8.23. The Morgan fingerprint density at radius 1 is 1.02 bits per heavy atom. The number of hydrogen-bond donors (Lipinski definition) is 3. The maximum atomic E-state index is 13.3. The largest absolute Gasteiger partial charge is 0.374 e. The molecule has 0 radical (unpaired) electrons. The monoisotopic (exact) mass is 562 g/mol. The highest BCUT2D eigenvalue weighted by Crippen LogP contribution is 2.31. The molecular formula is C33H38N8O. The van der Waals surface area contributed by atoms with Gasteiger partial charge in [0.05, 0.1) is 34.7 Å². The third-order valence-electron chi connectivity index (χ3n) is 8.23. The van der Waals surface area contributed by atoms with E-state index in [1.165, 1.54) is 0 Å². The predicted octanol–water partition coefficient (Wildman–Crippen LogP) is 5.19. The molecule has 2 aliphatic rings. The molecule has 0 saturated carbocycles. The van der Waals surface area contributed by atoms with Crippen LogP contribution in [0.1, 0.15) is 61.1 Å². The lowest BCUT2D eigenvalue weighted by Gasteiger charge is -2.39. The van der Waals surface area contributed by atoms with Crippen LogP contribution in [-0.4, -0.2) is 50.7 Å². The Hall–Kier alpha value is -4.37. The Kier molecular flexibility index (Phi) is 8.10. The summed E-state index contributed by atoms with van der Waals surface area (Å²) in [6.45, 7) is 7.43. The molecule has 42 heavy (non-hydrogen) atoms. The maximum absolute atomic E-state index is 13.3. The number of pyridine rings is 1. The summed E-state index contributed by atoms with van der Waals surface area (Å²) in [5, 5.41) is 25.5. The molecule has 216 valence electrons. The Morgan fingerprint density at radius 3 is 2.64 bits per heavy atom. The molecule has 0 atom stereocenters. The van der Waals surface area contributed by atoms with E-state index in [1.807, 2.05) is 48.5 Å². The molecule has 0 aliphatic carbocycles. The van der Waals surface area contributed by atoms with Gasteiger partial charge in [-0.3, -0.25) is 14.5 Å². The lowest BCUT2D eigenvalue weighted by Crippen LogP contribution is -2.53. The number of amides is 1. The number of hydrogen-bond acceptors (Lipinski definition) is 7. The van der Waals surface area contributed by atoms with Gasteiger partial charge in [0.25, 0.3) is 5.91 Å². The first-order valence-electron chi connectivity index (χ1n) is 14.9. The van der Waals surface area contributed by atoms with Crippen molar-refractivity contribution < 1.29 is 4.79 Å². The molecule has 4 heterocycles. The zero-order valence-electron chi connectivity index (χ0n) is 24.3. The highest BCUT2D eigenvalue weighted by molar-refractivity contribution is 6.18. The van der Waals surface area contributed by atoms with Gasteiger partial charge < -0.3 is 16.0 Å². The van der Waals surface area contributed by atoms with Crippen molar-refractivity contribution in [2.45, 2.75) is 58.2 Å². The topological polar surface area (TPSA) is 109 Å². The van der Waals surface area contributed by atoms with Crippen LogP contribution in [0.4, 0.5) is 5.69 Å². The average Bonchev–Trinajstić information content (AvgIpc) is 3.66. The molecular weight excluding hydrogens is 524 g/mol. The van der Waals surface area contributed by atoms with Crippen LogP contribution < -0.4 is 16.0 Å². The first kappa shape index (κ1) is 27.8. The molecule has 0 unspecified atom stereocenters. The number of piperidine rings is 1.